The van der Waals surface area contributed by atoms with Crippen LogP contribution < -0.4 is 10.1 Å². The van der Waals surface area contributed by atoms with E-state index in [9.17, 15) is 0 Å². The molecule has 2 aromatic heterocycles. The van der Waals surface area contributed by atoms with Crippen LogP contribution in [0.15, 0.2) is 39.4 Å². The zero-order valence-corrected chi connectivity index (χ0v) is 14.3. The van der Waals surface area contributed by atoms with E-state index in [1.807, 2.05) is 37.3 Å². The maximum absolute atomic E-state index is 5.61. The van der Waals surface area contributed by atoms with Crippen LogP contribution >= 0.6 is 12.4 Å². The summed E-state index contributed by atoms with van der Waals surface area (Å²) in [4.78, 5) is 4.09. The molecule has 0 bridgehead atoms. The molecule has 8 heteroatoms. The molecule has 0 aliphatic rings. The van der Waals surface area contributed by atoms with Crippen LogP contribution in [0.3, 0.4) is 0 Å². The van der Waals surface area contributed by atoms with Crippen LogP contribution in [0.1, 0.15) is 28.7 Å². The molecule has 0 saturated heterocycles. The van der Waals surface area contributed by atoms with Crippen molar-refractivity contribution in [2.75, 3.05) is 0 Å². The largest absolute Gasteiger partial charge is 0.485 e. The summed E-state index contributed by atoms with van der Waals surface area (Å²) in [5.41, 5.74) is 2.06. The van der Waals surface area contributed by atoms with E-state index in [0.29, 0.717) is 24.9 Å². The Morgan fingerprint density at radius 3 is 2.46 bits per heavy atom. The highest BCUT2D eigenvalue weighted by Gasteiger charge is 2.04. The lowest BCUT2D eigenvalue weighted by Crippen LogP contribution is -2.12. The summed E-state index contributed by atoms with van der Waals surface area (Å²) in [6.45, 7) is 5.34. The number of aryl methyl sites for hydroxylation is 2. The average molecular weight is 351 g/mol. The number of benzene rings is 1. The smallest absolute Gasteiger partial charge is 0.223 e. The van der Waals surface area contributed by atoms with E-state index < -0.39 is 0 Å². The van der Waals surface area contributed by atoms with E-state index in [1.54, 1.807) is 6.92 Å². The van der Waals surface area contributed by atoms with E-state index in [-0.39, 0.29) is 12.4 Å². The van der Waals surface area contributed by atoms with Gasteiger partial charge in [0.1, 0.15) is 11.5 Å². The number of ether oxygens (including phenoxy) is 1. The third-order valence-electron chi connectivity index (χ3n) is 3.17. The van der Waals surface area contributed by atoms with Gasteiger partial charge in [0.15, 0.2) is 6.61 Å². The first-order chi connectivity index (χ1) is 11.2. The SMILES string of the molecule is Cc1cc(CNCc2ccc(OCc3noc(C)n3)cc2)no1.Cl. The van der Waals surface area contributed by atoms with Crippen molar-refractivity contribution in [2.45, 2.75) is 33.5 Å². The van der Waals surface area contributed by atoms with E-state index in [4.69, 9.17) is 13.8 Å². The van der Waals surface area contributed by atoms with Crippen molar-refractivity contribution in [1.82, 2.24) is 20.6 Å². The summed E-state index contributed by atoms with van der Waals surface area (Å²) in [6.07, 6.45) is 0. The van der Waals surface area contributed by atoms with E-state index >= 15 is 0 Å². The van der Waals surface area contributed by atoms with Crippen molar-refractivity contribution in [3.8, 4) is 5.75 Å². The maximum Gasteiger partial charge on any atom is 0.223 e. The molecular weight excluding hydrogens is 332 g/mol. The van der Waals surface area contributed by atoms with E-state index in [0.717, 1.165) is 29.3 Å². The van der Waals surface area contributed by atoms with Crippen molar-refractivity contribution in [1.29, 1.82) is 0 Å². The van der Waals surface area contributed by atoms with Crippen LogP contribution in [0.4, 0.5) is 0 Å². The predicted octanol–water partition coefficient (Wildman–Crippen LogP) is 2.97. The second-order valence-electron chi connectivity index (χ2n) is 5.19. The van der Waals surface area contributed by atoms with Crippen LogP contribution in [-0.4, -0.2) is 15.3 Å². The Bertz CT molecular complexity index is 755. The van der Waals surface area contributed by atoms with Crippen molar-refractivity contribution in [2.24, 2.45) is 0 Å². The number of nitrogens with one attached hydrogen (secondary N) is 1. The van der Waals surface area contributed by atoms with Gasteiger partial charge in [0.25, 0.3) is 0 Å². The maximum atomic E-state index is 5.61. The molecule has 7 nitrogen and oxygen atoms in total. The van der Waals surface area contributed by atoms with Crippen LogP contribution in [0.2, 0.25) is 0 Å². The van der Waals surface area contributed by atoms with Gasteiger partial charge < -0.3 is 19.1 Å². The zero-order valence-electron chi connectivity index (χ0n) is 13.5. The minimum absolute atomic E-state index is 0. The lowest BCUT2D eigenvalue weighted by atomic mass is 10.2. The van der Waals surface area contributed by atoms with Gasteiger partial charge in [0, 0.05) is 26.1 Å². The summed E-state index contributed by atoms with van der Waals surface area (Å²) in [6, 6.07) is 9.79. The lowest BCUT2D eigenvalue weighted by molar-refractivity contribution is 0.285. The summed E-state index contributed by atoms with van der Waals surface area (Å²) >= 11 is 0. The number of hydrogen-bond acceptors (Lipinski definition) is 7. The van der Waals surface area contributed by atoms with Gasteiger partial charge in [-0.1, -0.05) is 22.4 Å². The molecule has 0 fully saturated rings. The fourth-order valence-corrected chi connectivity index (χ4v) is 2.09. The molecule has 3 aromatic rings. The van der Waals surface area contributed by atoms with E-state index in [1.165, 1.54) is 0 Å². The molecule has 0 saturated carbocycles. The molecule has 0 spiro atoms. The summed E-state index contributed by atoms with van der Waals surface area (Å²) < 4.78 is 15.5. The minimum Gasteiger partial charge on any atom is -0.485 e. The second-order valence-corrected chi connectivity index (χ2v) is 5.19. The van der Waals surface area contributed by atoms with Gasteiger partial charge in [-0.05, 0) is 24.6 Å². The fourth-order valence-electron chi connectivity index (χ4n) is 2.09. The Balaban J connectivity index is 0.00000208. The first-order valence-corrected chi connectivity index (χ1v) is 7.33. The third-order valence-corrected chi connectivity index (χ3v) is 3.17. The second kappa shape index (κ2) is 8.47. The molecule has 24 heavy (non-hydrogen) atoms. The Morgan fingerprint density at radius 1 is 1.04 bits per heavy atom. The Morgan fingerprint density at radius 2 is 1.83 bits per heavy atom. The van der Waals surface area contributed by atoms with Crippen LogP contribution in [-0.2, 0) is 19.7 Å². The Labute approximate surface area is 145 Å². The Kier molecular flexibility index (Phi) is 6.34. The number of aromatic nitrogens is 3. The molecule has 0 amide bonds. The van der Waals surface area contributed by atoms with Gasteiger partial charge in [-0.2, -0.15) is 4.98 Å². The summed E-state index contributed by atoms with van der Waals surface area (Å²) in [7, 11) is 0. The van der Waals surface area contributed by atoms with Gasteiger partial charge >= 0.3 is 0 Å². The molecule has 0 atom stereocenters. The molecule has 3 rings (SSSR count). The van der Waals surface area contributed by atoms with Gasteiger partial charge in [-0.25, -0.2) is 0 Å². The van der Waals surface area contributed by atoms with Gasteiger partial charge in [0.2, 0.25) is 11.7 Å². The van der Waals surface area contributed by atoms with Crippen molar-refractivity contribution in [3.63, 3.8) is 0 Å². The third kappa shape index (κ3) is 5.07. The first kappa shape index (κ1) is 18.0. The number of rotatable bonds is 7. The van der Waals surface area contributed by atoms with Crippen molar-refractivity contribution in [3.05, 3.63) is 59.1 Å². The highest BCUT2D eigenvalue weighted by molar-refractivity contribution is 5.85. The van der Waals surface area contributed by atoms with Crippen molar-refractivity contribution >= 4 is 12.4 Å². The average Bonchev–Trinajstić information content (AvgIpc) is 3.15. The summed E-state index contributed by atoms with van der Waals surface area (Å²) in [5, 5.41) is 11.0. The first-order valence-electron chi connectivity index (χ1n) is 7.33. The van der Waals surface area contributed by atoms with Crippen molar-refractivity contribution < 1.29 is 13.8 Å². The fraction of sp³-hybridized carbons (Fsp3) is 0.312. The normalized spacial score (nSPS) is 10.4. The monoisotopic (exact) mass is 350 g/mol. The van der Waals surface area contributed by atoms with Crippen LogP contribution in [0.25, 0.3) is 0 Å². The van der Waals surface area contributed by atoms with E-state index in [2.05, 4.69) is 20.6 Å². The molecule has 128 valence electrons. The molecule has 2 heterocycles. The molecule has 0 radical (unpaired) electrons. The molecule has 0 aliphatic carbocycles. The molecule has 0 unspecified atom stereocenters. The molecule has 0 aliphatic heterocycles. The minimum atomic E-state index is 0. The predicted molar refractivity (Wildman–Crippen MR) is 88.8 cm³/mol. The van der Waals surface area contributed by atoms with Gasteiger partial charge in [-0.15, -0.1) is 12.4 Å². The quantitative estimate of drug-likeness (QED) is 0.701. The topological polar surface area (TPSA) is 86.2 Å². The number of nitrogens with zero attached hydrogens (tertiary/aromatic N) is 3. The van der Waals surface area contributed by atoms with Gasteiger partial charge in [0.05, 0.1) is 5.69 Å². The molecular formula is C16H19ClN4O3. The van der Waals surface area contributed by atoms with Gasteiger partial charge in [-0.3, -0.25) is 0 Å². The lowest BCUT2D eigenvalue weighted by Gasteiger charge is -2.06. The van der Waals surface area contributed by atoms with Crippen LogP contribution in [0, 0.1) is 13.8 Å². The molecule has 1 aromatic carbocycles. The standard InChI is InChI=1S/C16H18N4O3.ClH/c1-11-7-14(19-22-11)9-17-8-13-3-5-15(6-4-13)21-10-16-18-12(2)23-20-16;/h3-7,17H,8-10H2,1-2H3;1H. The van der Waals surface area contributed by atoms with Crippen LogP contribution in [0.5, 0.6) is 5.75 Å². The number of hydrogen-bond donors (Lipinski definition) is 1. The highest BCUT2D eigenvalue weighted by atomic mass is 35.5. The highest BCUT2D eigenvalue weighted by Crippen LogP contribution is 2.13. The Hall–Kier alpha value is -2.38. The zero-order chi connectivity index (χ0) is 16.1. The number of halogens is 1. The molecule has 1 N–H and O–H groups in total. The summed E-state index contributed by atoms with van der Waals surface area (Å²) in [5.74, 6) is 2.66.